The quantitative estimate of drug-likeness (QED) is 0.824. The van der Waals surface area contributed by atoms with Crippen LogP contribution in [0.5, 0.6) is 11.5 Å². The van der Waals surface area contributed by atoms with Gasteiger partial charge in [0.25, 0.3) is 0 Å². The highest BCUT2D eigenvalue weighted by Crippen LogP contribution is 2.15. The summed E-state index contributed by atoms with van der Waals surface area (Å²) in [6.45, 7) is 0.886. The zero-order valence-electron chi connectivity index (χ0n) is 12.1. The second kappa shape index (κ2) is 8.29. The Labute approximate surface area is 134 Å². The Balaban J connectivity index is 1.61. The van der Waals surface area contributed by atoms with Crippen LogP contribution in [0.3, 0.4) is 0 Å². The van der Waals surface area contributed by atoms with Crippen LogP contribution in [0, 0.1) is 0 Å². The number of phenolic OH excluding ortho intramolecular Hbond substituents is 1. The van der Waals surface area contributed by atoms with Gasteiger partial charge in [0.2, 0.25) is 5.91 Å². The molecule has 0 spiro atoms. The summed E-state index contributed by atoms with van der Waals surface area (Å²) in [4.78, 5) is 11.7. The maximum Gasteiger partial charge on any atom is 0.223 e. The number of aromatic hydroxyl groups is 1. The Morgan fingerprint density at radius 3 is 2.45 bits per heavy atom. The van der Waals surface area contributed by atoms with Gasteiger partial charge >= 0.3 is 0 Å². The lowest BCUT2D eigenvalue weighted by atomic mass is 10.1. The third-order valence-corrected chi connectivity index (χ3v) is 3.34. The molecule has 2 aromatic rings. The van der Waals surface area contributed by atoms with Gasteiger partial charge in [-0.1, -0.05) is 23.7 Å². The molecule has 116 valence electrons. The second-order valence-electron chi connectivity index (χ2n) is 4.82. The number of ether oxygens (including phenoxy) is 1. The molecule has 0 aromatic heterocycles. The fraction of sp³-hybridized carbons (Fsp3) is 0.235. The lowest BCUT2D eigenvalue weighted by Crippen LogP contribution is -2.27. The van der Waals surface area contributed by atoms with Crippen LogP contribution in [-0.4, -0.2) is 24.2 Å². The smallest absolute Gasteiger partial charge is 0.223 e. The number of nitrogens with one attached hydrogen (secondary N) is 1. The number of rotatable bonds is 7. The van der Waals surface area contributed by atoms with Gasteiger partial charge in [-0.15, -0.1) is 0 Å². The Bertz CT molecular complexity index is 543. The molecule has 4 nitrogen and oxygen atoms in total. The normalized spacial score (nSPS) is 10.2. The molecule has 22 heavy (non-hydrogen) atoms. The summed E-state index contributed by atoms with van der Waals surface area (Å²) in [5.41, 5.74) is 1.07. The van der Waals surface area contributed by atoms with Crippen LogP contribution in [0.25, 0.3) is 0 Å². The monoisotopic (exact) mass is 319 g/mol. The van der Waals surface area contributed by atoms with E-state index in [-0.39, 0.29) is 11.7 Å². The van der Waals surface area contributed by atoms with Crippen LogP contribution >= 0.6 is 11.6 Å². The molecule has 0 heterocycles. The van der Waals surface area contributed by atoms with Crippen molar-refractivity contribution in [3.8, 4) is 11.5 Å². The van der Waals surface area contributed by atoms with Crippen molar-refractivity contribution in [2.75, 3.05) is 13.2 Å². The van der Waals surface area contributed by atoms with E-state index in [9.17, 15) is 9.90 Å². The van der Waals surface area contributed by atoms with Crippen molar-refractivity contribution in [3.63, 3.8) is 0 Å². The first-order chi connectivity index (χ1) is 10.6. The van der Waals surface area contributed by atoms with Crippen LogP contribution < -0.4 is 10.1 Å². The van der Waals surface area contributed by atoms with Gasteiger partial charge in [0.05, 0.1) is 13.0 Å². The topological polar surface area (TPSA) is 58.6 Å². The van der Waals surface area contributed by atoms with E-state index in [4.69, 9.17) is 16.3 Å². The minimum absolute atomic E-state index is 0.0484. The van der Waals surface area contributed by atoms with Crippen molar-refractivity contribution in [2.45, 2.75) is 12.8 Å². The van der Waals surface area contributed by atoms with Crippen LogP contribution in [0.4, 0.5) is 0 Å². The maximum absolute atomic E-state index is 11.7. The van der Waals surface area contributed by atoms with Crippen LogP contribution in [-0.2, 0) is 11.2 Å². The number of carbonyl (C=O) groups excluding carboxylic acids is 1. The lowest BCUT2D eigenvalue weighted by molar-refractivity contribution is -0.121. The van der Waals surface area contributed by atoms with Gasteiger partial charge in [0.1, 0.15) is 11.5 Å². The van der Waals surface area contributed by atoms with Crippen molar-refractivity contribution >= 4 is 17.5 Å². The van der Waals surface area contributed by atoms with E-state index >= 15 is 0 Å². The highest BCUT2D eigenvalue weighted by Gasteiger charge is 2.02. The Kier molecular flexibility index (Phi) is 6.10. The van der Waals surface area contributed by atoms with Crippen LogP contribution in [0.2, 0.25) is 5.02 Å². The molecule has 0 bridgehead atoms. The van der Waals surface area contributed by atoms with E-state index in [1.165, 1.54) is 0 Å². The van der Waals surface area contributed by atoms with Gasteiger partial charge in [0, 0.05) is 11.6 Å². The molecule has 0 saturated carbocycles. The second-order valence-corrected chi connectivity index (χ2v) is 5.26. The molecule has 0 aliphatic carbocycles. The fourth-order valence-electron chi connectivity index (χ4n) is 1.89. The largest absolute Gasteiger partial charge is 0.508 e. The molecule has 0 atom stereocenters. The van der Waals surface area contributed by atoms with Crippen molar-refractivity contribution in [3.05, 3.63) is 59.1 Å². The van der Waals surface area contributed by atoms with Gasteiger partial charge in [-0.05, 0) is 48.4 Å². The molecule has 0 unspecified atom stereocenters. The average molecular weight is 320 g/mol. The molecular formula is C17H18ClNO3. The Morgan fingerprint density at radius 1 is 1.09 bits per heavy atom. The molecule has 0 radical (unpaired) electrons. The third kappa shape index (κ3) is 5.66. The summed E-state index contributed by atoms with van der Waals surface area (Å²) in [6.07, 6.45) is 1.03. The zero-order valence-corrected chi connectivity index (χ0v) is 12.8. The molecule has 1 amide bonds. The minimum Gasteiger partial charge on any atom is -0.508 e. The van der Waals surface area contributed by atoms with Crippen molar-refractivity contribution < 1.29 is 14.6 Å². The van der Waals surface area contributed by atoms with Crippen molar-refractivity contribution in [1.82, 2.24) is 5.32 Å². The molecular weight excluding hydrogens is 302 g/mol. The van der Waals surface area contributed by atoms with Gasteiger partial charge in [-0.3, -0.25) is 4.79 Å². The van der Waals surface area contributed by atoms with E-state index in [0.29, 0.717) is 30.3 Å². The fourth-order valence-corrected chi connectivity index (χ4v) is 2.02. The highest BCUT2D eigenvalue weighted by molar-refractivity contribution is 6.30. The minimum atomic E-state index is -0.0484. The Hall–Kier alpha value is -2.20. The van der Waals surface area contributed by atoms with Crippen molar-refractivity contribution in [2.24, 2.45) is 0 Å². The number of hydrogen-bond acceptors (Lipinski definition) is 3. The first-order valence-corrected chi connectivity index (χ1v) is 7.44. The number of halogens is 1. The molecule has 5 heteroatoms. The predicted molar refractivity (Wildman–Crippen MR) is 86.4 cm³/mol. The molecule has 2 rings (SSSR count). The summed E-state index contributed by atoms with van der Waals surface area (Å²) < 4.78 is 5.46. The maximum atomic E-state index is 11.7. The summed E-state index contributed by atoms with van der Waals surface area (Å²) >= 11 is 5.78. The molecule has 0 aliphatic rings. The molecule has 2 N–H and O–H groups in total. The first kappa shape index (κ1) is 16.2. The summed E-state index contributed by atoms with van der Waals surface area (Å²) in [6, 6.07) is 14.0. The third-order valence-electron chi connectivity index (χ3n) is 3.08. The van der Waals surface area contributed by atoms with E-state index in [1.807, 2.05) is 12.1 Å². The number of benzene rings is 2. The zero-order chi connectivity index (χ0) is 15.8. The summed E-state index contributed by atoms with van der Waals surface area (Å²) in [5.74, 6) is 0.890. The van der Waals surface area contributed by atoms with Gasteiger partial charge in [0.15, 0.2) is 0 Å². The Morgan fingerprint density at radius 2 is 1.77 bits per heavy atom. The lowest BCUT2D eigenvalue weighted by Gasteiger charge is -2.07. The first-order valence-electron chi connectivity index (χ1n) is 7.06. The van der Waals surface area contributed by atoms with Gasteiger partial charge in [-0.2, -0.15) is 0 Å². The van der Waals surface area contributed by atoms with Crippen LogP contribution in [0.15, 0.2) is 48.5 Å². The average Bonchev–Trinajstić information content (AvgIpc) is 2.51. The summed E-state index contributed by atoms with van der Waals surface area (Å²) in [5, 5.41) is 12.7. The molecule has 0 aliphatic heterocycles. The summed E-state index contributed by atoms with van der Waals surface area (Å²) in [7, 11) is 0. The highest BCUT2D eigenvalue weighted by atomic mass is 35.5. The van der Waals surface area contributed by atoms with E-state index in [0.717, 1.165) is 12.0 Å². The molecule has 0 saturated heterocycles. The molecule has 0 fully saturated rings. The van der Waals surface area contributed by atoms with Crippen molar-refractivity contribution in [1.29, 1.82) is 0 Å². The van der Waals surface area contributed by atoms with E-state index in [1.54, 1.807) is 36.4 Å². The van der Waals surface area contributed by atoms with Gasteiger partial charge < -0.3 is 15.2 Å². The van der Waals surface area contributed by atoms with Gasteiger partial charge in [-0.25, -0.2) is 0 Å². The standard InChI is InChI=1S/C17H18ClNO3/c18-14-3-7-16(8-4-14)22-12-10-17(21)19-11-9-13-1-5-15(20)6-2-13/h1-8,20H,9-12H2,(H,19,21). The number of amides is 1. The molecule has 2 aromatic carbocycles. The number of hydrogen-bond donors (Lipinski definition) is 2. The predicted octanol–water partition coefficient (Wildman–Crippen LogP) is 3.17. The van der Waals surface area contributed by atoms with E-state index < -0.39 is 0 Å². The number of phenols is 1. The van der Waals surface area contributed by atoms with E-state index in [2.05, 4.69) is 5.32 Å². The SMILES string of the molecule is O=C(CCOc1ccc(Cl)cc1)NCCc1ccc(O)cc1. The number of carbonyl (C=O) groups is 1. The van der Waals surface area contributed by atoms with Crippen LogP contribution in [0.1, 0.15) is 12.0 Å².